The molecular formula is C20H19F3N4O2. The summed E-state index contributed by atoms with van der Waals surface area (Å²) in [6.45, 7) is 1.17. The van der Waals surface area contributed by atoms with E-state index < -0.39 is 11.9 Å². The summed E-state index contributed by atoms with van der Waals surface area (Å²) in [5, 5.41) is 3.83. The van der Waals surface area contributed by atoms with Crippen LogP contribution in [0.2, 0.25) is 0 Å². The summed E-state index contributed by atoms with van der Waals surface area (Å²) in [7, 11) is 1.51. The van der Waals surface area contributed by atoms with Crippen LogP contribution in [0.4, 0.5) is 13.2 Å². The summed E-state index contributed by atoms with van der Waals surface area (Å²) in [6.07, 6.45) is -0.685. The minimum atomic E-state index is -4.65. The zero-order chi connectivity index (χ0) is 20.6. The van der Waals surface area contributed by atoms with Crippen LogP contribution in [-0.2, 0) is 6.18 Å². The Labute approximate surface area is 164 Å². The van der Waals surface area contributed by atoms with E-state index in [-0.39, 0.29) is 22.8 Å². The van der Waals surface area contributed by atoms with E-state index in [1.165, 1.54) is 13.3 Å². The van der Waals surface area contributed by atoms with Crippen LogP contribution in [0, 0.1) is 0 Å². The highest BCUT2D eigenvalue weighted by Gasteiger charge is 2.36. The first kappa shape index (κ1) is 19.2. The Hall–Kier alpha value is -3.10. The summed E-state index contributed by atoms with van der Waals surface area (Å²) in [6, 6.07) is 7.48. The van der Waals surface area contributed by atoms with E-state index >= 15 is 0 Å². The minimum Gasteiger partial charge on any atom is -0.497 e. The maximum Gasteiger partial charge on any atom is 0.433 e. The number of likely N-dealkylation sites (tertiary alicyclic amines) is 1. The standard InChI is InChI=1S/C20H19F3N4O2/c1-29-14-7-5-13(6-8-14)16-11-17(20(21,22)23)27-18(25-16)15(12-24-27)19(28)26-9-3-2-4-10-26/h5-8,11-12H,2-4,9-10H2,1H3. The number of aromatic nitrogens is 3. The molecule has 6 nitrogen and oxygen atoms in total. The number of alkyl halides is 3. The molecule has 3 aromatic rings. The molecule has 1 saturated heterocycles. The summed E-state index contributed by atoms with van der Waals surface area (Å²) in [5.41, 5.74) is -0.406. The molecule has 1 aliphatic rings. The van der Waals surface area contributed by atoms with E-state index in [1.807, 2.05) is 0 Å². The average Bonchev–Trinajstić information content (AvgIpc) is 3.16. The Bertz CT molecular complexity index is 1040. The second kappa shape index (κ2) is 7.38. The molecule has 1 aromatic carbocycles. The van der Waals surface area contributed by atoms with Crippen molar-refractivity contribution < 1.29 is 22.7 Å². The SMILES string of the molecule is COc1ccc(-c2cc(C(F)(F)F)n3ncc(C(=O)N4CCCCC4)c3n2)cc1. The van der Waals surface area contributed by atoms with Gasteiger partial charge in [-0.1, -0.05) is 0 Å². The van der Waals surface area contributed by atoms with E-state index in [2.05, 4.69) is 10.1 Å². The number of ether oxygens (including phenoxy) is 1. The maximum absolute atomic E-state index is 13.7. The Morgan fingerprint density at radius 1 is 1.10 bits per heavy atom. The number of benzene rings is 1. The van der Waals surface area contributed by atoms with Gasteiger partial charge in [-0.05, 0) is 49.6 Å². The molecule has 0 radical (unpaired) electrons. The van der Waals surface area contributed by atoms with E-state index in [1.54, 1.807) is 29.2 Å². The van der Waals surface area contributed by atoms with Crippen molar-refractivity contribution in [1.29, 1.82) is 0 Å². The van der Waals surface area contributed by atoms with Gasteiger partial charge < -0.3 is 9.64 Å². The largest absolute Gasteiger partial charge is 0.497 e. The van der Waals surface area contributed by atoms with Crippen molar-refractivity contribution in [2.75, 3.05) is 20.2 Å². The molecule has 0 unspecified atom stereocenters. The number of rotatable bonds is 3. The molecule has 29 heavy (non-hydrogen) atoms. The van der Waals surface area contributed by atoms with Gasteiger partial charge in [0.05, 0.1) is 19.0 Å². The molecule has 3 heterocycles. The molecule has 1 aliphatic heterocycles. The van der Waals surface area contributed by atoms with Crippen molar-refractivity contribution in [1.82, 2.24) is 19.5 Å². The van der Waals surface area contributed by atoms with Gasteiger partial charge in [0, 0.05) is 18.7 Å². The zero-order valence-corrected chi connectivity index (χ0v) is 15.7. The van der Waals surface area contributed by atoms with Crippen LogP contribution in [0.1, 0.15) is 35.3 Å². The van der Waals surface area contributed by atoms with E-state index in [0.717, 1.165) is 25.3 Å². The van der Waals surface area contributed by atoms with Gasteiger partial charge in [-0.15, -0.1) is 0 Å². The third-order valence-corrected chi connectivity index (χ3v) is 5.02. The quantitative estimate of drug-likeness (QED) is 0.661. The zero-order valence-electron chi connectivity index (χ0n) is 15.7. The minimum absolute atomic E-state index is 0.0766. The molecule has 0 spiro atoms. The lowest BCUT2D eigenvalue weighted by Gasteiger charge is -2.26. The van der Waals surface area contributed by atoms with Crippen LogP contribution in [-0.4, -0.2) is 45.6 Å². The third kappa shape index (κ3) is 3.64. The normalized spacial score (nSPS) is 15.0. The van der Waals surface area contributed by atoms with Gasteiger partial charge in [-0.25, -0.2) is 9.50 Å². The predicted molar refractivity (Wildman–Crippen MR) is 99.7 cm³/mol. The Morgan fingerprint density at radius 3 is 2.41 bits per heavy atom. The first-order chi connectivity index (χ1) is 13.9. The molecular weight excluding hydrogens is 385 g/mol. The number of hydrogen-bond donors (Lipinski definition) is 0. The lowest BCUT2D eigenvalue weighted by molar-refractivity contribution is -0.142. The lowest BCUT2D eigenvalue weighted by Crippen LogP contribution is -2.35. The second-order valence-corrected chi connectivity index (χ2v) is 6.90. The van der Waals surface area contributed by atoms with Crippen molar-refractivity contribution in [3.8, 4) is 17.0 Å². The highest BCUT2D eigenvalue weighted by molar-refractivity contribution is 6.00. The molecule has 9 heteroatoms. The van der Waals surface area contributed by atoms with Crippen molar-refractivity contribution >= 4 is 11.6 Å². The number of carbonyl (C=O) groups is 1. The number of nitrogens with zero attached hydrogens (tertiary/aromatic N) is 4. The second-order valence-electron chi connectivity index (χ2n) is 6.90. The van der Waals surface area contributed by atoms with Gasteiger partial charge in [0.2, 0.25) is 0 Å². The van der Waals surface area contributed by atoms with Crippen molar-refractivity contribution in [3.05, 3.63) is 47.8 Å². The number of carbonyl (C=O) groups excluding carboxylic acids is 1. The van der Waals surface area contributed by atoms with Crippen molar-refractivity contribution in [2.45, 2.75) is 25.4 Å². The Morgan fingerprint density at radius 2 is 1.79 bits per heavy atom. The number of fused-ring (bicyclic) bond motifs is 1. The van der Waals surface area contributed by atoms with Crippen LogP contribution in [0.25, 0.3) is 16.9 Å². The van der Waals surface area contributed by atoms with E-state index in [0.29, 0.717) is 28.9 Å². The summed E-state index contributed by atoms with van der Waals surface area (Å²) in [5.74, 6) is 0.239. The molecule has 1 amide bonds. The van der Waals surface area contributed by atoms with E-state index in [4.69, 9.17) is 4.74 Å². The number of piperidine rings is 1. The highest BCUT2D eigenvalue weighted by Crippen LogP contribution is 2.33. The lowest BCUT2D eigenvalue weighted by atomic mass is 10.1. The molecule has 0 bridgehead atoms. The maximum atomic E-state index is 13.7. The van der Waals surface area contributed by atoms with Crippen LogP contribution in [0.3, 0.4) is 0 Å². The number of halogens is 3. The molecule has 0 saturated carbocycles. The highest BCUT2D eigenvalue weighted by atomic mass is 19.4. The molecule has 0 aliphatic carbocycles. The molecule has 152 valence electrons. The first-order valence-corrected chi connectivity index (χ1v) is 9.28. The smallest absolute Gasteiger partial charge is 0.433 e. The molecule has 0 atom stereocenters. The first-order valence-electron chi connectivity index (χ1n) is 9.28. The van der Waals surface area contributed by atoms with Crippen LogP contribution in [0.15, 0.2) is 36.5 Å². The van der Waals surface area contributed by atoms with Crippen LogP contribution in [0.5, 0.6) is 5.75 Å². The number of amides is 1. The Kier molecular flexibility index (Phi) is 4.89. The summed E-state index contributed by atoms with van der Waals surface area (Å²) in [4.78, 5) is 18.9. The fourth-order valence-electron chi connectivity index (χ4n) is 3.49. The van der Waals surface area contributed by atoms with Crippen molar-refractivity contribution in [2.24, 2.45) is 0 Å². The number of methoxy groups -OCH3 is 1. The predicted octanol–water partition coefficient (Wildman–Crippen LogP) is 4.05. The molecule has 4 rings (SSSR count). The molecule has 0 N–H and O–H groups in total. The van der Waals surface area contributed by atoms with Crippen LogP contribution < -0.4 is 4.74 Å². The monoisotopic (exact) mass is 404 g/mol. The molecule has 1 fully saturated rings. The van der Waals surface area contributed by atoms with Gasteiger partial charge in [0.1, 0.15) is 11.3 Å². The fourth-order valence-corrected chi connectivity index (χ4v) is 3.49. The van der Waals surface area contributed by atoms with Crippen molar-refractivity contribution in [3.63, 3.8) is 0 Å². The third-order valence-electron chi connectivity index (χ3n) is 5.02. The van der Waals surface area contributed by atoms with Gasteiger partial charge >= 0.3 is 6.18 Å². The Balaban J connectivity index is 1.85. The molecule has 2 aromatic heterocycles. The fraction of sp³-hybridized carbons (Fsp3) is 0.350. The summed E-state index contributed by atoms with van der Waals surface area (Å²) >= 11 is 0. The average molecular weight is 404 g/mol. The summed E-state index contributed by atoms with van der Waals surface area (Å²) < 4.78 is 46.9. The van der Waals surface area contributed by atoms with Crippen LogP contribution >= 0.6 is 0 Å². The van der Waals surface area contributed by atoms with E-state index in [9.17, 15) is 18.0 Å². The number of hydrogen-bond acceptors (Lipinski definition) is 4. The van der Waals surface area contributed by atoms with Gasteiger partial charge in [0.25, 0.3) is 5.91 Å². The van der Waals surface area contributed by atoms with Gasteiger partial charge in [0.15, 0.2) is 11.3 Å². The van der Waals surface area contributed by atoms with Gasteiger partial charge in [-0.3, -0.25) is 4.79 Å². The van der Waals surface area contributed by atoms with Gasteiger partial charge in [-0.2, -0.15) is 18.3 Å². The topological polar surface area (TPSA) is 59.7 Å².